The second-order valence-electron chi connectivity index (χ2n) is 4.66. The number of hydrogen-bond acceptors (Lipinski definition) is 3. The van der Waals surface area contributed by atoms with Crippen LogP contribution in [0.15, 0.2) is 0 Å². The van der Waals surface area contributed by atoms with E-state index in [-0.39, 0.29) is 0 Å². The molecule has 0 heterocycles. The van der Waals surface area contributed by atoms with Crippen molar-refractivity contribution in [1.82, 2.24) is 4.90 Å². The second-order valence-corrected chi connectivity index (χ2v) is 5.27. The van der Waals surface area contributed by atoms with Crippen LogP contribution < -0.4 is 0 Å². The Hall–Kier alpha value is 0.170. The molecule has 1 aliphatic rings. The minimum absolute atomic E-state index is 0.434. The summed E-state index contributed by atoms with van der Waals surface area (Å²) in [5, 5.41) is 0.434. The van der Waals surface area contributed by atoms with Gasteiger partial charge in [-0.05, 0) is 32.2 Å². The van der Waals surface area contributed by atoms with Gasteiger partial charge in [-0.1, -0.05) is 0 Å². The number of ether oxygens (including phenoxy) is 2. The average Bonchev–Trinajstić information content (AvgIpc) is 2.21. The molecule has 0 bridgehead atoms. The maximum absolute atomic E-state index is 5.95. The third kappa shape index (κ3) is 6.04. The summed E-state index contributed by atoms with van der Waals surface area (Å²) in [7, 11) is 3.87. The molecule has 1 rings (SSSR count). The van der Waals surface area contributed by atoms with E-state index >= 15 is 0 Å². The topological polar surface area (TPSA) is 21.7 Å². The van der Waals surface area contributed by atoms with Crippen LogP contribution in [0.25, 0.3) is 0 Å². The summed E-state index contributed by atoms with van der Waals surface area (Å²) in [6.45, 7) is 4.57. The molecule has 3 nitrogen and oxygen atoms in total. The van der Waals surface area contributed by atoms with Crippen LogP contribution in [0, 0.1) is 5.92 Å². The number of halogens is 1. The van der Waals surface area contributed by atoms with Crippen LogP contribution >= 0.6 is 11.6 Å². The molecule has 1 aliphatic carbocycles. The first-order valence-electron chi connectivity index (χ1n) is 6.11. The van der Waals surface area contributed by atoms with Crippen LogP contribution in [0.2, 0.25) is 0 Å². The summed E-state index contributed by atoms with van der Waals surface area (Å²) < 4.78 is 10.5. The number of nitrogens with zero attached hydrogens (tertiary/aromatic N) is 1. The van der Waals surface area contributed by atoms with Crippen LogP contribution in [-0.2, 0) is 9.47 Å². The Morgan fingerprint density at radius 2 is 2.00 bits per heavy atom. The molecule has 0 atom stereocenters. The fraction of sp³-hybridized carbons (Fsp3) is 1.00. The summed E-state index contributed by atoms with van der Waals surface area (Å²) in [4.78, 5) is 2.34. The van der Waals surface area contributed by atoms with Gasteiger partial charge in [-0.3, -0.25) is 0 Å². The molecule has 0 aromatic heterocycles. The third-order valence-electron chi connectivity index (χ3n) is 3.00. The average molecular weight is 250 g/mol. The van der Waals surface area contributed by atoms with Crippen molar-refractivity contribution in [3.05, 3.63) is 0 Å². The molecule has 0 N–H and O–H groups in total. The van der Waals surface area contributed by atoms with Crippen LogP contribution in [0.3, 0.4) is 0 Å². The van der Waals surface area contributed by atoms with Gasteiger partial charge in [0.2, 0.25) is 0 Å². The van der Waals surface area contributed by atoms with Crippen molar-refractivity contribution < 1.29 is 9.47 Å². The maximum atomic E-state index is 5.95. The zero-order valence-corrected chi connectivity index (χ0v) is 11.2. The van der Waals surface area contributed by atoms with Crippen molar-refractivity contribution in [2.75, 3.05) is 47.1 Å². The van der Waals surface area contributed by atoms with Gasteiger partial charge in [0.25, 0.3) is 0 Å². The summed E-state index contributed by atoms with van der Waals surface area (Å²) in [6.07, 6.45) is 3.35. The van der Waals surface area contributed by atoms with Gasteiger partial charge >= 0.3 is 0 Å². The molecule has 0 aliphatic heterocycles. The Morgan fingerprint density at radius 1 is 1.25 bits per heavy atom. The summed E-state index contributed by atoms with van der Waals surface area (Å²) in [6, 6.07) is 0. The first kappa shape index (κ1) is 14.2. The van der Waals surface area contributed by atoms with Gasteiger partial charge in [-0.25, -0.2) is 0 Å². The van der Waals surface area contributed by atoms with Gasteiger partial charge in [0.05, 0.1) is 6.61 Å². The fourth-order valence-electron chi connectivity index (χ4n) is 1.96. The SMILES string of the molecule is COCCCOCCN(C)CC1CC(Cl)C1. The Kier molecular flexibility index (Phi) is 7.37. The van der Waals surface area contributed by atoms with Crippen molar-refractivity contribution in [2.24, 2.45) is 5.92 Å². The van der Waals surface area contributed by atoms with E-state index in [0.717, 1.165) is 45.2 Å². The number of likely N-dealkylation sites (N-methyl/N-ethyl adjacent to an activating group) is 1. The van der Waals surface area contributed by atoms with Crippen molar-refractivity contribution >= 4 is 11.6 Å². The minimum atomic E-state index is 0.434. The lowest BCUT2D eigenvalue weighted by Gasteiger charge is -2.34. The van der Waals surface area contributed by atoms with Gasteiger partial charge in [0, 0.05) is 38.8 Å². The highest BCUT2D eigenvalue weighted by Crippen LogP contribution is 2.32. The lowest BCUT2D eigenvalue weighted by atomic mass is 9.84. The molecular weight excluding hydrogens is 226 g/mol. The quantitative estimate of drug-likeness (QED) is 0.461. The van der Waals surface area contributed by atoms with Gasteiger partial charge in [-0.15, -0.1) is 11.6 Å². The predicted octanol–water partition coefficient (Wildman–Crippen LogP) is 1.99. The Morgan fingerprint density at radius 3 is 2.62 bits per heavy atom. The van der Waals surface area contributed by atoms with Crippen molar-refractivity contribution in [1.29, 1.82) is 0 Å². The van der Waals surface area contributed by atoms with Crippen molar-refractivity contribution in [3.63, 3.8) is 0 Å². The molecule has 96 valence electrons. The van der Waals surface area contributed by atoms with Gasteiger partial charge in [0.1, 0.15) is 0 Å². The Bertz CT molecular complexity index is 174. The molecule has 0 amide bonds. The zero-order valence-electron chi connectivity index (χ0n) is 10.5. The van der Waals surface area contributed by atoms with Gasteiger partial charge < -0.3 is 14.4 Å². The van der Waals surface area contributed by atoms with Gasteiger partial charge in [-0.2, -0.15) is 0 Å². The minimum Gasteiger partial charge on any atom is -0.385 e. The van der Waals surface area contributed by atoms with E-state index in [1.807, 2.05) is 0 Å². The summed E-state index contributed by atoms with van der Waals surface area (Å²) in [5.74, 6) is 0.806. The van der Waals surface area contributed by atoms with Gasteiger partial charge in [0.15, 0.2) is 0 Å². The molecule has 1 fully saturated rings. The van der Waals surface area contributed by atoms with E-state index in [1.54, 1.807) is 7.11 Å². The highest BCUT2D eigenvalue weighted by molar-refractivity contribution is 6.21. The van der Waals surface area contributed by atoms with E-state index in [2.05, 4.69) is 11.9 Å². The Labute approximate surface area is 104 Å². The number of hydrogen-bond donors (Lipinski definition) is 0. The molecular formula is C12H24ClNO2. The molecule has 4 heteroatoms. The van der Waals surface area contributed by atoms with Crippen LogP contribution in [0.4, 0.5) is 0 Å². The lowest BCUT2D eigenvalue weighted by Crippen LogP contribution is -2.36. The smallest absolute Gasteiger partial charge is 0.0593 e. The molecule has 16 heavy (non-hydrogen) atoms. The highest BCUT2D eigenvalue weighted by Gasteiger charge is 2.27. The normalized spacial score (nSPS) is 24.8. The predicted molar refractivity (Wildman–Crippen MR) is 67.2 cm³/mol. The van der Waals surface area contributed by atoms with Crippen molar-refractivity contribution in [2.45, 2.75) is 24.6 Å². The van der Waals surface area contributed by atoms with E-state index in [0.29, 0.717) is 5.38 Å². The standard InChI is InChI=1S/C12H24ClNO2/c1-14(10-11-8-12(13)9-11)4-7-16-6-3-5-15-2/h11-12H,3-10H2,1-2H3. The summed E-state index contributed by atoms with van der Waals surface area (Å²) >= 11 is 5.95. The van der Waals surface area contributed by atoms with E-state index < -0.39 is 0 Å². The fourth-order valence-corrected chi connectivity index (χ4v) is 2.47. The monoisotopic (exact) mass is 249 g/mol. The van der Waals surface area contributed by atoms with E-state index in [4.69, 9.17) is 21.1 Å². The molecule has 0 saturated heterocycles. The first-order valence-corrected chi connectivity index (χ1v) is 6.55. The number of rotatable bonds is 9. The molecule has 0 unspecified atom stereocenters. The maximum Gasteiger partial charge on any atom is 0.0593 e. The highest BCUT2D eigenvalue weighted by atomic mass is 35.5. The van der Waals surface area contributed by atoms with Crippen LogP contribution in [-0.4, -0.2) is 57.3 Å². The molecule has 0 aromatic rings. The van der Waals surface area contributed by atoms with E-state index in [9.17, 15) is 0 Å². The van der Waals surface area contributed by atoms with Crippen LogP contribution in [0.5, 0.6) is 0 Å². The first-order chi connectivity index (χ1) is 7.72. The third-order valence-corrected chi connectivity index (χ3v) is 3.36. The lowest BCUT2D eigenvalue weighted by molar-refractivity contribution is 0.0824. The summed E-state index contributed by atoms with van der Waals surface area (Å²) in [5.41, 5.74) is 0. The largest absolute Gasteiger partial charge is 0.385 e. The molecule has 0 aromatic carbocycles. The molecule has 0 radical (unpaired) electrons. The Balaban J connectivity index is 1.84. The second kappa shape index (κ2) is 8.29. The van der Waals surface area contributed by atoms with Crippen LogP contribution in [0.1, 0.15) is 19.3 Å². The number of methoxy groups -OCH3 is 1. The van der Waals surface area contributed by atoms with Crippen molar-refractivity contribution in [3.8, 4) is 0 Å². The number of alkyl halides is 1. The molecule has 1 saturated carbocycles. The zero-order chi connectivity index (χ0) is 11.8. The van der Waals surface area contributed by atoms with E-state index in [1.165, 1.54) is 12.8 Å². The molecule has 0 spiro atoms.